The SMILES string of the molecule is COc1cc(NC(=O)C(=O)Nc2cccc(N(C)C)c2)c(OC)cc1Cl. The van der Waals surface area contributed by atoms with Gasteiger partial charge in [0.05, 0.1) is 24.9 Å². The van der Waals surface area contributed by atoms with Crippen LogP contribution in [-0.4, -0.2) is 40.1 Å². The molecule has 7 nitrogen and oxygen atoms in total. The number of amides is 2. The van der Waals surface area contributed by atoms with Gasteiger partial charge in [0.1, 0.15) is 11.5 Å². The first-order valence-corrected chi connectivity index (χ1v) is 8.04. The highest BCUT2D eigenvalue weighted by Gasteiger charge is 2.18. The zero-order chi connectivity index (χ0) is 19.3. The Bertz CT molecular complexity index is 824. The molecule has 0 aliphatic rings. The van der Waals surface area contributed by atoms with Crippen molar-refractivity contribution in [2.24, 2.45) is 0 Å². The lowest BCUT2D eigenvalue weighted by Crippen LogP contribution is -2.29. The molecular formula is C18H20ClN3O4. The third-order valence-electron chi connectivity index (χ3n) is 3.55. The molecule has 0 bridgehead atoms. The normalized spacial score (nSPS) is 10.0. The lowest BCUT2D eigenvalue weighted by atomic mass is 10.2. The van der Waals surface area contributed by atoms with Crippen LogP contribution in [0.5, 0.6) is 11.5 Å². The molecule has 0 radical (unpaired) electrons. The van der Waals surface area contributed by atoms with Crippen molar-refractivity contribution in [3.63, 3.8) is 0 Å². The molecule has 8 heteroatoms. The van der Waals surface area contributed by atoms with Crippen LogP contribution < -0.4 is 25.0 Å². The van der Waals surface area contributed by atoms with Crippen LogP contribution in [0, 0.1) is 0 Å². The van der Waals surface area contributed by atoms with Gasteiger partial charge in [-0.15, -0.1) is 0 Å². The van der Waals surface area contributed by atoms with E-state index in [1.54, 1.807) is 18.2 Å². The van der Waals surface area contributed by atoms with Crippen molar-refractivity contribution in [3.8, 4) is 11.5 Å². The standard InChI is InChI=1S/C18H20ClN3O4/c1-22(2)12-7-5-6-11(8-12)20-17(23)18(24)21-14-10-15(25-3)13(19)9-16(14)26-4/h5-10H,1-4H3,(H,20,23)(H,21,24). The monoisotopic (exact) mass is 377 g/mol. The largest absolute Gasteiger partial charge is 0.495 e. The summed E-state index contributed by atoms with van der Waals surface area (Å²) < 4.78 is 10.3. The maximum Gasteiger partial charge on any atom is 0.314 e. The number of hydrogen-bond acceptors (Lipinski definition) is 5. The minimum atomic E-state index is -0.845. The van der Waals surface area contributed by atoms with E-state index in [0.717, 1.165) is 5.69 Å². The van der Waals surface area contributed by atoms with Crippen LogP contribution in [0.4, 0.5) is 17.1 Å². The van der Waals surface area contributed by atoms with Crippen LogP contribution in [0.25, 0.3) is 0 Å². The number of anilines is 3. The van der Waals surface area contributed by atoms with Gasteiger partial charge in [-0.1, -0.05) is 17.7 Å². The molecule has 0 fully saturated rings. The van der Waals surface area contributed by atoms with Crippen molar-refractivity contribution < 1.29 is 19.1 Å². The fourth-order valence-corrected chi connectivity index (χ4v) is 2.42. The van der Waals surface area contributed by atoms with Crippen molar-refractivity contribution in [1.29, 1.82) is 0 Å². The first kappa shape index (κ1) is 19.4. The highest BCUT2D eigenvalue weighted by Crippen LogP contribution is 2.35. The van der Waals surface area contributed by atoms with Crippen LogP contribution in [0.2, 0.25) is 5.02 Å². The third-order valence-corrected chi connectivity index (χ3v) is 3.84. The van der Waals surface area contributed by atoms with Crippen molar-refractivity contribution in [3.05, 3.63) is 41.4 Å². The molecule has 0 heterocycles. The van der Waals surface area contributed by atoms with Gasteiger partial charge in [0.15, 0.2) is 0 Å². The van der Waals surface area contributed by atoms with Gasteiger partial charge in [0.2, 0.25) is 0 Å². The number of carbonyl (C=O) groups is 2. The molecule has 2 N–H and O–H groups in total. The molecule has 2 aromatic carbocycles. The predicted molar refractivity (Wildman–Crippen MR) is 103 cm³/mol. The summed E-state index contributed by atoms with van der Waals surface area (Å²) in [5.41, 5.74) is 1.68. The third kappa shape index (κ3) is 4.58. The average molecular weight is 378 g/mol. The van der Waals surface area contributed by atoms with Gasteiger partial charge < -0.3 is 25.0 Å². The summed E-state index contributed by atoms with van der Waals surface area (Å²) in [7, 11) is 6.64. The molecule has 0 unspecified atom stereocenters. The van der Waals surface area contributed by atoms with Gasteiger partial charge in [0, 0.05) is 37.6 Å². The predicted octanol–water partition coefficient (Wildman–Crippen LogP) is 3.00. The van der Waals surface area contributed by atoms with Gasteiger partial charge in [0.25, 0.3) is 0 Å². The quantitative estimate of drug-likeness (QED) is 0.783. The molecule has 0 aliphatic carbocycles. The molecule has 0 saturated carbocycles. The highest BCUT2D eigenvalue weighted by molar-refractivity contribution is 6.44. The van der Waals surface area contributed by atoms with E-state index in [0.29, 0.717) is 22.2 Å². The minimum absolute atomic E-state index is 0.274. The molecule has 2 aromatic rings. The number of nitrogens with one attached hydrogen (secondary N) is 2. The topological polar surface area (TPSA) is 79.9 Å². The summed E-state index contributed by atoms with van der Waals surface area (Å²) in [6.45, 7) is 0. The molecule has 2 amide bonds. The van der Waals surface area contributed by atoms with E-state index in [1.807, 2.05) is 25.1 Å². The number of rotatable bonds is 5. The first-order valence-electron chi connectivity index (χ1n) is 7.67. The van der Waals surface area contributed by atoms with E-state index in [9.17, 15) is 9.59 Å². The van der Waals surface area contributed by atoms with E-state index < -0.39 is 11.8 Å². The summed E-state index contributed by atoms with van der Waals surface area (Å²) in [6, 6.07) is 10.1. The number of hydrogen-bond donors (Lipinski definition) is 2. The lowest BCUT2D eigenvalue weighted by molar-refractivity contribution is -0.133. The van der Waals surface area contributed by atoms with E-state index in [1.165, 1.54) is 26.4 Å². The Morgan fingerprint density at radius 2 is 1.62 bits per heavy atom. The van der Waals surface area contributed by atoms with E-state index in [2.05, 4.69) is 10.6 Å². The van der Waals surface area contributed by atoms with Gasteiger partial charge in [-0.2, -0.15) is 0 Å². The number of nitrogens with zero attached hydrogens (tertiary/aromatic N) is 1. The lowest BCUT2D eigenvalue weighted by Gasteiger charge is -2.15. The van der Waals surface area contributed by atoms with Crippen molar-refractivity contribution in [2.45, 2.75) is 0 Å². The minimum Gasteiger partial charge on any atom is -0.495 e. The molecule has 26 heavy (non-hydrogen) atoms. The van der Waals surface area contributed by atoms with E-state index in [4.69, 9.17) is 21.1 Å². The number of benzene rings is 2. The number of carbonyl (C=O) groups excluding carboxylic acids is 2. The molecule has 0 aromatic heterocycles. The van der Waals surface area contributed by atoms with Gasteiger partial charge in [-0.3, -0.25) is 9.59 Å². The number of halogens is 1. The van der Waals surface area contributed by atoms with Gasteiger partial charge >= 0.3 is 11.8 Å². The Hall–Kier alpha value is -2.93. The van der Waals surface area contributed by atoms with Gasteiger partial charge in [-0.05, 0) is 18.2 Å². The van der Waals surface area contributed by atoms with Gasteiger partial charge in [-0.25, -0.2) is 0 Å². The van der Waals surface area contributed by atoms with E-state index in [-0.39, 0.29) is 5.69 Å². The summed E-state index contributed by atoms with van der Waals surface area (Å²) in [4.78, 5) is 26.3. The Kier molecular flexibility index (Phi) is 6.30. The molecule has 0 atom stereocenters. The highest BCUT2D eigenvalue weighted by atomic mass is 35.5. The van der Waals surface area contributed by atoms with Crippen LogP contribution >= 0.6 is 11.6 Å². The van der Waals surface area contributed by atoms with Crippen LogP contribution in [-0.2, 0) is 9.59 Å². The maximum absolute atomic E-state index is 12.2. The molecule has 0 aliphatic heterocycles. The second-order valence-electron chi connectivity index (χ2n) is 5.54. The molecule has 0 saturated heterocycles. The first-order chi connectivity index (χ1) is 12.3. The summed E-state index contributed by atoms with van der Waals surface area (Å²) in [5.74, 6) is -0.992. The fraction of sp³-hybridized carbons (Fsp3) is 0.222. The second kappa shape index (κ2) is 8.44. The smallest absolute Gasteiger partial charge is 0.314 e. The Labute approximate surface area is 156 Å². The van der Waals surface area contributed by atoms with Crippen LogP contribution in [0.1, 0.15) is 0 Å². The Morgan fingerprint density at radius 3 is 2.23 bits per heavy atom. The molecular weight excluding hydrogens is 358 g/mol. The summed E-state index contributed by atoms with van der Waals surface area (Å²) in [5, 5.41) is 5.38. The molecule has 2 rings (SSSR count). The number of methoxy groups -OCH3 is 2. The van der Waals surface area contributed by atoms with Crippen molar-refractivity contribution >= 4 is 40.5 Å². The summed E-state index contributed by atoms with van der Waals surface area (Å²) >= 11 is 6.03. The van der Waals surface area contributed by atoms with Crippen molar-refractivity contribution in [2.75, 3.05) is 43.8 Å². The zero-order valence-corrected chi connectivity index (χ0v) is 15.7. The average Bonchev–Trinajstić information content (AvgIpc) is 2.62. The fourth-order valence-electron chi connectivity index (χ4n) is 2.19. The maximum atomic E-state index is 12.2. The number of ether oxygens (including phenoxy) is 2. The van der Waals surface area contributed by atoms with E-state index >= 15 is 0 Å². The Morgan fingerprint density at radius 1 is 0.962 bits per heavy atom. The zero-order valence-electron chi connectivity index (χ0n) is 14.9. The van der Waals surface area contributed by atoms with Crippen molar-refractivity contribution in [1.82, 2.24) is 0 Å². The van der Waals surface area contributed by atoms with Crippen LogP contribution in [0.3, 0.4) is 0 Å². The Balaban J connectivity index is 2.14. The molecule has 0 spiro atoms. The van der Waals surface area contributed by atoms with Crippen LogP contribution in [0.15, 0.2) is 36.4 Å². The molecule has 138 valence electrons. The summed E-state index contributed by atoms with van der Waals surface area (Å²) in [6.07, 6.45) is 0. The second-order valence-corrected chi connectivity index (χ2v) is 5.95.